The predicted octanol–water partition coefficient (Wildman–Crippen LogP) is 5.06. The molecule has 0 amide bonds. The van der Waals surface area contributed by atoms with Crippen LogP contribution in [-0.4, -0.2) is 12.6 Å². The van der Waals surface area contributed by atoms with Crippen LogP contribution in [0.5, 0.6) is 0 Å². The highest BCUT2D eigenvalue weighted by Crippen LogP contribution is 2.35. The van der Waals surface area contributed by atoms with Gasteiger partial charge in [-0.25, -0.2) is 0 Å². The number of aryl methyl sites for hydroxylation is 1. The van der Waals surface area contributed by atoms with Crippen molar-refractivity contribution in [3.63, 3.8) is 0 Å². The SMILES string of the molecule is CCCCCC(CC1CCCc2ccccc21)NCC. The molecule has 20 heavy (non-hydrogen) atoms. The number of benzene rings is 1. The van der Waals surface area contributed by atoms with Gasteiger partial charge in [-0.15, -0.1) is 0 Å². The lowest BCUT2D eigenvalue weighted by molar-refractivity contribution is 0.388. The molecular weight excluding hydrogens is 242 g/mol. The zero-order valence-corrected chi connectivity index (χ0v) is 13.3. The summed E-state index contributed by atoms with van der Waals surface area (Å²) in [5, 5.41) is 3.72. The Balaban J connectivity index is 1.96. The second-order valence-corrected chi connectivity index (χ2v) is 6.27. The molecule has 1 heteroatoms. The van der Waals surface area contributed by atoms with E-state index in [1.54, 1.807) is 11.1 Å². The third kappa shape index (κ3) is 4.34. The third-order valence-corrected chi connectivity index (χ3v) is 4.71. The second-order valence-electron chi connectivity index (χ2n) is 6.27. The van der Waals surface area contributed by atoms with Crippen LogP contribution in [0.2, 0.25) is 0 Å². The molecule has 0 fully saturated rings. The highest BCUT2D eigenvalue weighted by Gasteiger charge is 2.22. The van der Waals surface area contributed by atoms with E-state index in [1.165, 1.54) is 51.4 Å². The van der Waals surface area contributed by atoms with E-state index in [0.29, 0.717) is 6.04 Å². The van der Waals surface area contributed by atoms with Gasteiger partial charge in [0.05, 0.1) is 0 Å². The summed E-state index contributed by atoms with van der Waals surface area (Å²) < 4.78 is 0. The Morgan fingerprint density at radius 1 is 1.20 bits per heavy atom. The Morgan fingerprint density at radius 3 is 2.85 bits per heavy atom. The topological polar surface area (TPSA) is 12.0 Å². The molecule has 1 aromatic rings. The minimum absolute atomic E-state index is 0.711. The highest BCUT2D eigenvalue weighted by molar-refractivity contribution is 5.32. The number of nitrogens with one attached hydrogen (secondary N) is 1. The van der Waals surface area contributed by atoms with Gasteiger partial charge in [0.25, 0.3) is 0 Å². The maximum Gasteiger partial charge on any atom is 0.00727 e. The van der Waals surface area contributed by atoms with Crippen LogP contribution >= 0.6 is 0 Å². The van der Waals surface area contributed by atoms with Crippen LogP contribution in [0, 0.1) is 0 Å². The fourth-order valence-corrected chi connectivity index (χ4v) is 3.68. The van der Waals surface area contributed by atoms with Gasteiger partial charge in [0, 0.05) is 6.04 Å². The van der Waals surface area contributed by atoms with E-state index in [-0.39, 0.29) is 0 Å². The minimum atomic E-state index is 0.711. The van der Waals surface area contributed by atoms with Crippen molar-refractivity contribution < 1.29 is 0 Å². The van der Waals surface area contributed by atoms with E-state index >= 15 is 0 Å². The second kappa shape index (κ2) is 8.46. The van der Waals surface area contributed by atoms with Crippen molar-refractivity contribution >= 4 is 0 Å². The van der Waals surface area contributed by atoms with Crippen molar-refractivity contribution in [1.82, 2.24) is 5.32 Å². The lowest BCUT2D eigenvalue weighted by Gasteiger charge is -2.29. The van der Waals surface area contributed by atoms with Gasteiger partial charge in [-0.05, 0) is 55.7 Å². The molecule has 0 aliphatic heterocycles. The average molecular weight is 273 g/mol. The van der Waals surface area contributed by atoms with E-state index in [0.717, 1.165) is 12.5 Å². The van der Waals surface area contributed by atoms with Crippen molar-refractivity contribution in [2.75, 3.05) is 6.54 Å². The smallest absolute Gasteiger partial charge is 0.00727 e. The number of unbranched alkanes of at least 4 members (excludes halogenated alkanes) is 2. The Kier molecular flexibility index (Phi) is 6.59. The number of hydrogen-bond donors (Lipinski definition) is 1. The van der Waals surface area contributed by atoms with Gasteiger partial charge >= 0.3 is 0 Å². The quantitative estimate of drug-likeness (QED) is 0.653. The first kappa shape index (κ1) is 15.6. The molecule has 1 aromatic carbocycles. The van der Waals surface area contributed by atoms with Gasteiger partial charge in [-0.2, -0.15) is 0 Å². The summed E-state index contributed by atoms with van der Waals surface area (Å²) >= 11 is 0. The van der Waals surface area contributed by atoms with Crippen molar-refractivity contribution in [3.05, 3.63) is 35.4 Å². The summed E-state index contributed by atoms with van der Waals surface area (Å²) in [5.74, 6) is 0.783. The van der Waals surface area contributed by atoms with Gasteiger partial charge in [0.2, 0.25) is 0 Å². The van der Waals surface area contributed by atoms with E-state index < -0.39 is 0 Å². The van der Waals surface area contributed by atoms with Crippen LogP contribution in [0.1, 0.15) is 75.8 Å². The summed E-state index contributed by atoms with van der Waals surface area (Å²) in [6.07, 6.45) is 10.8. The van der Waals surface area contributed by atoms with E-state index in [4.69, 9.17) is 0 Å². The van der Waals surface area contributed by atoms with Crippen LogP contribution in [0.15, 0.2) is 24.3 Å². The largest absolute Gasteiger partial charge is 0.314 e. The number of hydrogen-bond acceptors (Lipinski definition) is 1. The fourth-order valence-electron chi connectivity index (χ4n) is 3.68. The van der Waals surface area contributed by atoms with Gasteiger partial charge in [0.15, 0.2) is 0 Å². The molecule has 1 nitrogen and oxygen atoms in total. The first-order valence-corrected chi connectivity index (χ1v) is 8.66. The van der Waals surface area contributed by atoms with E-state index in [1.807, 2.05) is 0 Å². The molecule has 0 spiro atoms. The molecule has 0 radical (unpaired) electrons. The zero-order chi connectivity index (χ0) is 14.2. The van der Waals surface area contributed by atoms with Crippen LogP contribution in [0.4, 0.5) is 0 Å². The Bertz CT molecular complexity index is 385. The summed E-state index contributed by atoms with van der Waals surface area (Å²) in [6.45, 7) is 5.63. The lowest BCUT2D eigenvalue weighted by Crippen LogP contribution is -2.31. The molecule has 2 rings (SSSR count). The lowest BCUT2D eigenvalue weighted by atomic mass is 9.79. The normalized spacial score (nSPS) is 19.6. The minimum Gasteiger partial charge on any atom is -0.314 e. The summed E-state index contributed by atoms with van der Waals surface area (Å²) in [6, 6.07) is 9.83. The molecule has 0 bridgehead atoms. The van der Waals surface area contributed by atoms with Crippen LogP contribution in [0.25, 0.3) is 0 Å². The number of fused-ring (bicyclic) bond motifs is 1. The maximum absolute atomic E-state index is 3.72. The summed E-state index contributed by atoms with van der Waals surface area (Å²) in [7, 11) is 0. The first-order valence-electron chi connectivity index (χ1n) is 8.66. The van der Waals surface area contributed by atoms with Crippen molar-refractivity contribution in [2.24, 2.45) is 0 Å². The zero-order valence-electron chi connectivity index (χ0n) is 13.3. The molecular formula is C19H31N. The molecule has 0 heterocycles. The van der Waals surface area contributed by atoms with E-state index in [9.17, 15) is 0 Å². The molecule has 1 N–H and O–H groups in total. The Labute approximate surface area is 125 Å². The molecule has 0 aromatic heterocycles. The van der Waals surface area contributed by atoms with Gasteiger partial charge in [-0.3, -0.25) is 0 Å². The highest BCUT2D eigenvalue weighted by atomic mass is 14.9. The first-order chi connectivity index (χ1) is 9.85. The van der Waals surface area contributed by atoms with Crippen LogP contribution in [0.3, 0.4) is 0 Å². The Hall–Kier alpha value is -0.820. The van der Waals surface area contributed by atoms with Crippen molar-refractivity contribution in [2.45, 2.75) is 77.2 Å². The van der Waals surface area contributed by atoms with Gasteiger partial charge in [0.1, 0.15) is 0 Å². The summed E-state index contributed by atoms with van der Waals surface area (Å²) in [5.41, 5.74) is 3.24. The van der Waals surface area contributed by atoms with Crippen LogP contribution in [-0.2, 0) is 6.42 Å². The average Bonchev–Trinajstić information content (AvgIpc) is 2.48. The molecule has 1 aliphatic carbocycles. The van der Waals surface area contributed by atoms with Crippen LogP contribution < -0.4 is 5.32 Å². The van der Waals surface area contributed by atoms with Gasteiger partial charge < -0.3 is 5.32 Å². The Morgan fingerprint density at radius 2 is 2.05 bits per heavy atom. The molecule has 112 valence electrons. The monoisotopic (exact) mass is 273 g/mol. The molecule has 1 aliphatic rings. The maximum atomic E-state index is 3.72. The third-order valence-electron chi connectivity index (χ3n) is 4.71. The summed E-state index contributed by atoms with van der Waals surface area (Å²) in [4.78, 5) is 0. The fraction of sp³-hybridized carbons (Fsp3) is 0.684. The van der Waals surface area contributed by atoms with Crippen molar-refractivity contribution in [1.29, 1.82) is 0 Å². The standard InChI is InChI=1S/C19H31N/c1-3-5-6-13-18(20-4-2)15-17-12-9-11-16-10-7-8-14-19(16)17/h7-8,10,14,17-18,20H,3-6,9,11-13,15H2,1-2H3. The molecule has 0 saturated heterocycles. The van der Waals surface area contributed by atoms with Gasteiger partial charge in [-0.1, -0.05) is 57.4 Å². The molecule has 2 unspecified atom stereocenters. The number of rotatable bonds is 8. The molecule has 2 atom stereocenters. The van der Waals surface area contributed by atoms with E-state index in [2.05, 4.69) is 43.4 Å². The molecule has 0 saturated carbocycles. The predicted molar refractivity (Wildman–Crippen MR) is 88.3 cm³/mol. The van der Waals surface area contributed by atoms with Crippen molar-refractivity contribution in [3.8, 4) is 0 Å².